The zero-order valence-corrected chi connectivity index (χ0v) is 9.48. The average Bonchev–Trinajstić information content (AvgIpc) is 2.23. The van der Waals surface area contributed by atoms with Gasteiger partial charge in [-0.2, -0.15) is 0 Å². The number of ether oxygens (including phenoxy) is 1. The van der Waals surface area contributed by atoms with E-state index in [4.69, 9.17) is 11.6 Å². The fourth-order valence-electron chi connectivity index (χ4n) is 0.921. The fourth-order valence-corrected chi connectivity index (χ4v) is 1.24. The highest BCUT2D eigenvalue weighted by atomic mass is 35.5. The highest BCUT2D eigenvalue weighted by Gasteiger charge is 2.30. The van der Waals surface area contributed by atoms with Gasteiger partial charge in [0.15, 0.2) is 5.78 Å². The predicted octanol–water partition coefficient (Wildman–Crippen LogP) is 1.57. The van der Waals surface area contributed by atoms with Crippen LogP contribution in [-0.4, -0.2) is 31.4 Å². The lowest BCUT2D eigenvalue weighted by Gasteiger charge is -2.25. The molecule has 1 atom stereocenters. The number of carbonyl (C=O) groups excluding carboxylic acids is 2. The van der Waals surface area contributed by atoms with Crippen molar-refractivity contribution in [1.29, 1.82) is 0 Å². The highest BCUT2D eigenvalue weighted by Crippen LogP contribution is 2.21. The lowest BCUT2D eigenvalue weighted by atomic mass is 9.83. The van der Waals surface area contributed by atoms with Crippen LogP contribution in [0.4, 0.5) is 4.79 Å². The summed E-state index contributed by atoms with van der Waals surface area (Å²) in [6, 6.07) is 0. The summed E-state index contributed by atoms with van der Waals surface area (Å²) in [7, 11) is 1.28. The van der Waals surface area contributed by atoms with Crippen LogP contribution in [0.15, 0.2) is 0 Å². The van der Waals surface area contributed by atoms with Gasteiger partial charge in [0.1, 0.15) is 0 Å². The molecule has 1 unspecified atom stereocenters. The number of hydrogen-bond acceptors (Lipinski definition) is 3. The Morgan fingerprint density at radius 1 is 1.50 bits per heavy atom. The maximum Gasteiger partial charge on any atom is 0.406 e. The van der Waals surface area contributed by atoms with E-state index in [-0.39, 0.29) is 18.2 Å². The first-order valence-corrected chi connectivity index (χ1v) is 4.94. The summed E-state index contributed by atoms with van der Waals surface area (Å²) in [5.41, 5.74) is -0.601. The predicted molar refractivity (Wildman–Crippen MR) is 54.5 cm³/mol. The second-order valence-corrected chi connectivity index (χ2v) is 3.58. The number of ketones is 1. The molecule has 0 aromatic heterocycles. The molecule has 0 rings (SSSR count). The first kappa shape index (κ1) is 13.2. The molecular formula is C9H16ClNO3. The Morgan fingerprint density at radius 3 is 2.43 bits per heavy atom. The van der Waals surface area contributed by atoms with E-state index in [9.17, 15) is 9.59 Å². The number of nitrogens with one attached hydrogen (secondary N) is 1. The molecule has 0 fully saturated rings. The zero-order valence-electron chi connectivity index (χ0n) is 8.72. The van der Waals surface area contributed by atoms with Crippen LogP contribution < -0.4 is 5.32 Å². The van der Waals surface area contributed by atoms with Gasteiger partial charge in [-0.25, -0.2) is 4.79 Å². The molecule has 0 aliphatic carbocycles. The Labute approximate surface area is 88.9 Å². The summed E-state index contributed by atoms with van der Waals surface area (Å²) in [5, 5.41) is 2.50. The van der Waals surface area contributed by atoms with Crippen molar-refractivity contribution in [3.63, 3.8) is 0 Å². The van der Waals surface area contributed by atoms with E-state index in [2.05, 4.69) is 10.1 Å². The third-order valence-corrected chi connectivity index (χ3v) is 2.63. The van der Waals surface area contributed by atoms with Crippen LogP contribution in [0.25, 0.3) is 0 Å². The van der Waals surface area contributed by atoms with Crippen LogP contribution in [0.3, 0.4) is 0 Å². The Balaban J connectivity index is 4.26. The van der Waals surface area contributed by atoms with Crippen LogP contribution in [-0.2, 0) is 9.53 Å². The van der Waals surface area contributed by atoms with Crippen molar-refractivity contribution in [2.45, 2.75) is 20.3 Å². The maximum atomic E-state index is 11.4. The van der Waals surface area contributed by atoms with E-state index in [1.807, 2.05) is 6.92 Å². The van der Waals surface area contributed by atoms with Gasteiger partial charge >= 0.3 is 6.09 Å². The van der Waals surface area contributed by atoms with Gasteiger partial charge in [-0.1, -0.05) is 13.8 Å². The largest absolute Gasteiger partial charge is 0.453 e. The molecule has 4 nitrogen and oxygen atoms in total. The number of halogens is 1. The summed E-state index contributed by atoms with van der Waals surface area (Å²) in [4.78, 5) is 22.2. The number of alkyl halides is 1. The summed E-state index contributed by atoms with van der Waals surface area (Å²) in [6.45, 7) is 3.90. The molecule has 14 heavy (non-hydrogen) atoms. The Hall–Kier alpha value is -0.770. The lowest BCUT2D eigenvalue weighted by Crippen LogP contribution is -2.41. The molecule has 0 saturated heterocycles. The number of alkyl carbamates (subject to hydrolysis) is 1. The van der Waals surface area contributed by atoms with Gasteiger partial charge in [0.2, 0.25) is 0 Å². The number of Topliss-reactive ketones (excluding diaryl/α,β-unsaturated/α-hetero) is 1. The zero-order chi connectivity index (χ0) is 11.2. The van der Waals surface area contributed by atoms with Crippen molar-refractivity contribution in [1.82, 2.24) is 5.32 Å². The number of carbonyl (C=O) groups is 2. The van der Waals surface area contributed by atoms with Crippen molar-refractivity contribution >= 4 is 23.5 Å². The van der Waals surface area contributed by atoms with Crippen molar-refractivity contribution in [3.8, 4) is 0 Å². The van der Waals surface area contributed by atoms with Crippen molar-refractivity contribution < 1.29 is 14.3 Å². The van der Waals surface area contributed by atoms with Gasteiger partial charge in [0.25, 0.3) is 0 Å². The van der Waals surface area contributed by atoms with E-state index < -0.39 is 11.5 Å². The van der Waals surface area contributed by atoms with Crippen LogP contribution in [0, 0.1) is 5.41 Å². The molecule has 0 aliphatic heterocycles. The summed E-state index contributed by atoms with van der Waals surface area (Å²) < 4.78 is 4.41. The molecular weight excluding hydrogens is 206 g/mol. The molecule has 0 saturated carbocycles. The van der Waals surface area contributed by atoms with Gasteiger partial charge in [0, 0.05) is 12.0 Å². The molecule has 1 N–H and O–H groups in total. The maximum absolute atomic E-state index is 11.4. The molecule has 0 heterocycles. The second-order valence-electron chi connectivity index (χ2n) is 3.32. The van der Waals surface area contributed by atoms with Gasteiger partial charge in [-0.05, 0) is 6.42 Å². The quantitative estimate of drug-likeness (QED) is 0.717. The molecule has 5 heteroatoms. The number of hydrogen-bond donors (Lipinski definition) is 1. The molecule has 82 valence electrons. The summed E-state index contributed by atoms with van der Waals surface area (Å²) in [5.74, 6) is -0.106. The van der Waals surface area contributed by atoms with E-state index in [1.165, 1.54) is 7.11 Å². The molecule has 0 aromatic carbocycles. The van der Waals surface area contributed by atoms with Gasteiger partial charge in [-0.15, -0.1) is 11.6 Å². The van der Waals surface area contributed by atoms with Gasteiger partial charge < -0.3 is 10.1 Å². The number of methoxy groups -OCH3 is 1. The van der Waals surface area contributed by atoms with Crippen molar-refractivity contribution in [2.75, 3.05) is 19.5 Å². The molecule has 0 radical (unpaired) electrons. The van der Waals surface area contributed by atoms with Crippen molar-refractivity contribution in [2.24, 2.45) is 5.41 Å². The molecule has 0 aromatic rings. The monoisotopic (exact) mass is 221 g/mol. The summed E-state index contributed by atoms with van der Waals surface area (Å²) in [6.07, 6.45) is 0.0924. The minimum Gasteiger partial charge on any atom is -0.453 e. The first-order valence-electron chi connectivity index (χ1n) is 4.41. The third kappa shape index (κ3) is 3.54. The molecule has 1 amide bonds. The van der Waals surface area contributed by atoms with Crippen LogP contribution >= 0.6 is 11.6 Å². The summed E-state index contributed by atoms with van der Waals surface area (Å²) >= 11 is 5.47. The van der Waals surface area contributed by atoms with Crippen LogP contribution in [0.2, 0.25) is 0 Å². The SMILES string of the molecule is CCC(C)(CNC(=O)OC)C(=O)CCl. The van der Waals surface area contributed by atoms with E-state index in [1.54, 1.807) is 6.92 Å². The number of rotatable bonds is 5. The van der Waals surface area contributed by atoms with Crippen LogP contribution in [0.1, 0.15) is 20.3 Å². The first-order chi connectivity index (χ1) is 6.50. The highest BCUT2D eigenvalue weighted by molar-refractivity contribution is 6.28. The van der Waals surface area contributed by atoms with Gasteiger partial charge in [-0.3, -0.25) is 4.79 Å². The average molecular weight is 222 g/mol. The molecule has 0 aliphatic rings. The minimum atomic E-state index is -0.601. The minimum absolute atomic E-state index is 0.0345. The van der Waals surface area contributed by atoms with E-state index in [0.717, 1.165) is 0 Å². The number of amides is 1. The topological polar surface area (TPSA) is 55.4 Å². The normalized spacial score (nSPS) is 14.3. The third-order valence-electron chi connectivity index (χ3n) is 2.38. The van der Waals surface area contributed by atoms with E-state index in [0.29, 0.717) is 6.42 Å². The lowest BCUT2D eigenvalue weighted by molar-refractivity contribution is -0.125. The van der Waals surface area contributed by atoms with Crippen LogP contribution in [0.5, 0.6) is 0 Å². The Bertz CT molecular complexity index is 220. The van der Waals surface area contributed by atoms with E-state index >= 15 is 0 Å². The Morgan fingerprint density at radius 2 is 2.07 bits per heavy atom. The molecule has 0 bridgehead atoms. The van der Waals surface area contributed by atoms with Gasteiger partial charge in [0.05, 0.1) is 13.0 Å². The standard InChI is InChI=1S/C9H16ClNO3/c1-4-9(2,7(12)5-10)6-11-8(13)14-3/h4-6H2,1-3H3,(H,11,13). The smallest absolute Gasteiger partial charge is 0.406 e. The van der Waals surface area contributed by atoms with Crippen molar-refractivity contribution in [3.05, 3.63) is 0 Å². The molecule has 0 spiro atoms. The Kier molecular flexibility index (Phi) is 5.53. The fraction of sp³-hybridized carbons (Fsp3) is 0.778. The second kappa shape index (κ2) is 5.86.